The predicted octanol–water partition coefficient (Wildman–Crippen LogP) is 1.50. The van der Waals surface area contributed by atoms with E-state index in [1.165, 1.54) is 6.42 Å². The van der Waals surface area contributed by atoms with E-state index in [1.807, 2.05) is 4.90 Å². The molecule has 0 aromatic rings. The van der Waals surface area contributed by atoms with Gasteiger partial charge in [-0.15, -0.1) is 0 Å². The number of piperidine rings is 1. The van der Waals surface area contributed by atoms with Crippen LogP contribution in [0.15, 0.2) is 0 Å². The molecule has 0 radical (unpaired) electrons. The first kappa shape index (κ1) is 9.34. The Balaban J connectivity index is 1.98. The number of alkyl halides is 2. The fraction of sp³-hybridized carbons (Fsp3) is 1.00. The van der Waals surface area contributed by atoms with Crippen molar-refractivity contribution in [3.8, 4) is 0 Å². The van der Waals surface area contributed by atoms with Crippen LogP contribution in [0.4, 0.5) is 8.78 Å². The summed E-state index contributed by atoms with van der Waals surface area (Å²) in [5.74, 6) is 0. The van der Waals surface area contributed by atoms with Crippen LogP contribution < -0.4 is 0 Å². The number of rotatable bonds is 2. The molecule has 2 fully saturated rings. The van der Waals surface area contributed by atoms with Gasteiger partial charge >= 0.3 is 0 Å². The number of hydrogen-bond donors (Lipinski definition) is 0. The second kappa shape index (κ2) is 3.88. The summed E-state index contributed by atoms with van der Waals surface area (Å²) in [6.07, 6.45) is 0.992. The number of morpholine rings is 1. The standard InChI is InChI=1S/C9H15F2NO/c10-9(11)4-12-7-2-1-3-8(12)6-13-5-7/h7-9H,1-6H2. The van der Waals surface area contributed by atoms with Crippen LogP contribution in [0.3, 0.4) is 0 Å². The second-order valence-electron chi connectivity index (χ2n) is 3.86. The molecule has 2 atom stereocenters. The molecule has 13 heavy (non-hydrogen) atoms. The van der Waals surface area contributed by atoms with Crippen LogP contribution in [0.1, 0.15) is 19.3 Å². The average Bonchev–Trinajstić information content (AvgIpc) is 2.02. The fourth-order valence-electron chi connectivity index (χ4n) is 2.37. The van der Waals surface area contributed by atoms with Crippen molar-refractivity contribution in [3.63, 3.8) is 0 Å². The zero-order valence-electron chi connectivity index (χ0n) is 7.59. The van der Waals surface area contributed by atoms with Gasteiger partial charge in [-0.1, -0.05) is 6.42 Å². The van der Waals surface area contributed by atoms with Crippen molar-refractivity contribution in [1.29, 1.82) is 0 Å². The van der Waals surface area contributed by atoms with Gasteiger partial charge in [0.1, 0.15) is 0 Å². The van der Waals surface area contributed by atoms with E-state index in [0.717, 1.165) is 12.8 Å². The SMILES string of the molecule is FC(F)CN1C2CCCC1COC2. The summed E-state index contributed by atoms with van der Waals surface area (Å²) in [4.78, 5) is 1.94. The molecule has 2 rings (SSSR count). The van der Waals surface area contributed by atoms with Gasteiger partial charge in [-0.2, -0.15) is 0 Å². The summed E-state index contributed by atoms with van der Waals surface area (Å²) in [6, 6.07) is 0.503. The van der Waals surface area contributed by atoms with Crippen LogP contribution >= 0.6 is 0 Å². The zero-order chi connectivity index (χ0) is 9.26. The van der Waals surface area contributed by atoms with Crippen LogP contribution in [-0.4, -0.2) is 43.2 Å². The maximum absolute atomic E-state index is 12.2. The van der Waals surface area contributed by atoms with Gasteiger partial charge < -0.3 is 4.74 Å². The molecule has 0 saturated carbocycles. The van der Waals surface area contributed by atoms with E-state index in [1.54, 1.807) is 0 Å². The zero-order valence-corrected chi connectivity index (χ0v) is 7.59. The van der Waals surface area contributed by atoms with E-state index in [9.17, 15) is 8.78 Å². The molecule has 4 heteroatoms. The van der Waals surface area contributed by atoms with E-state index >= 15 is 0 Å². The predicted molar refractivity (Wildman–Crippen MR) is 45.0 cm³/mol. The Bertz CT molecular complexity index is 155. The minimum absolute atomic E-state index is 0.0707. The third-order valence-electron chi connectivity index (χ3n) is 2.98. The molecule has 0 aromatic heterocycles. The minimum atomic E-state index is -2.21. The molecule has 0 spiro atoms. The molecule has 2 aliphatic rings. The molecule has 0 aliphatic carbocycles. The maximum Gasteiger partial charge on any atom is 0.251 e. The lowest BCUT2D eigenvalue weighted by atomic mass is 9.94. The van der Waals surface area contributed by atoms with Gasteiger partial charge in [0.25, 0.3) is 6.43 Å². The first-order chi connectivity index (χ1) is 6.27. The maximum atomic E-state index is 12.2. The van der Waals surface area contributed by atoms with Crippen LogP contribution in [0.5, 0.6) is 0 Å². The van der Waals surface area contributed by atoms with Crippen molar-refractivity contribution in [2.24, 2.45) is 0 Å². The summed E-state index contributed by atoms with van der Waals surface area (Å²) >= 11 is 0. The number of hydrogen-bond acceptors (Lipinski definition) is 2. The van der Waals surface area contributed by atoms with Crippen LogP contribution in [-0.2, 0) is 4.74 Å². The highest BCUT2D eigenvalue weighted by molar-refractivity contribution is 4.87. The van der Waals surface area contributed by atoms with Gasteiger partial charge in [0.2, 0.25) is 0 Å². The molecule has 0 N–H and O–H groups in total. The molecule has 2 aliphatic heterocycles. The van der Waals surface area contributed by atoms with Gasteiger partial charge in [-0.3, -0.25) is 4.90 Å². The van der Waals surface area contributed by atoms with Gasteiger partial charge in [-0.25, -0.2) is 8.78 Å². The van der Waals surface area contributed by atoms with E-state index in [-0.39, 0.29) is 18.6 Å². The highest BCUT2D eigenvalue weighted by Crippen LogP contribution is 2.27. The van der Waals surface area contributed by atoms with Crippen molar-refractivity contribution in [2.75, 3.05) is 19.8 Å². The largest absolute Gasteiger partial charge is 0.378 e. The first-order valence-electron chi connectivity index (χ1n) is 4.89. The first-order valence-corrected chi connectivity index (χ1v) is 4.89. The van der Waals surface area contributed by atoms with E-state index < -0.39 is 6.43 Å². The average molecular weight is 191 g/mol. The molecule has 76 valence electrons. The Morgan fingerprint density at radius 1 is 1.23 bits per heavy atom. The third-order valence-corrected chi connectivity index (χ3v) is 2.98. The molecule has 0 amide bonds. The number of halogens is 2. The van der Waals surface area contributed by atoms with Crippen LogP contribution in [0.25, 0.3) is 0 Å². The van der Waals surface area contributed by atoms with Gasteiger partial charge in [-0.05, 0) is 12.8 Å². The summed E-state index contributed by atoms with van der Waals surface area (Å²) in [6.45, 7) is 1.21. The Morgan fingerprint density at radius 2 is 1.85 bits per heavy atom. The number of nitrogens with zero attached hydrogens (tertiary/aromatic N) is 1. The van der Waals surface area contributed by atoms with Crippen molar-refractivity contribution < 1.29 is 13.5 Å². The minimum Gasteiger partial charge on any atom is -0.378 e. The van der Waals surface area contributed by atoms with E-state index in [0.29, 0.717) is 13.2 Å². The summed E-state index contributed by atoms with van der Waals surface area (Å²) < 4.78 is 29.8. The molecular weight excluding hydrogens is 176 g/mol. The molecule has 2 unspecified atom stereocenters. The van der Waals surface area contributed by atoms with Crippen molar-refractivity contribution in [3.05, 3.63) is 0 Å². The normalized spacial score (nSPS) is 35.3. The Morgan fingerprint density at radius 3 is 2.38 bits per heavy atom. The monoisotopic (exact) mass is 191 g/mol. The van der Waals surface area contributed by atoms with E-state index in [4.69, 9.17) is 4.74 Å². The molecule has 0 aromatic carbocycles. The number of fused-ring (bicyclic) bond motifs is 2. The lowest BCUT2D eigenvalue weighted by molar-refractivity contribution is -0.0909. The highest BCUT2D eigenvalue weighted by Gasteiger charge is 2.35. The topological polar surface area (TPSA) is 12.5 Å². The van der Waals surface area contributed by atoms with Gasteiger partial charge in [0, 0.05) is 12.1 Å². The smallest absolute Gasteiger partial charge is 0.251 e. The Kier molecular flexibility index (Phi) is 2.79. The summed E-state index contributed by atoms with van der Waals surface area (Å²) in [7, 11) is 0. The van der Waals surface area contributed by atoms with E-state index in [2.05, 4.69) is 0 Å². The van der Waals surface area contributed by atoms with Crippen molar-refractivity contribution in [1.82, 2.24) is 4.90 Å². The lowest BCUT2D eigenvalue weighted by Gasteiger charge is -2.45. The van der Waals surface area contributed by atoms with Crippen molar-refractivity contribution in [2.45, 2.75) is 37.8 Å². The molecule has 2 bridgehead atoms. The lowest BCUT2D eigenvalue weighted by Crippen LogP contribution is -2.56. The highest BCUT2D eigenvalue weighted by atomic mass is 19.3. The van der Waals surface area contributed by atoms with Crippen molar-refractivity contribution >= 4 is 0 Å². The van der Waals surface area contributed by atoms with Crippen LogP contribution in [0, 0.1) is 0 Å². The van der Waals surface area contributed by atoms with Gasteiger partial charge in [0.05, 0.1) is 19.8 Å². The Labute approximate surface area is 76.9 Å². The molecule has 2 saturated heterocycles. The number of ether oxygens (including phenoxy) is 1. The third kappa shape index (κ3) is 1.99. The molecule has 2 heterocycles. The Hall–Kier alpha value is -0.220. The molecule has 2 nitrogen and oxygen atoms in total. The van der Waals surface area contributed by atoms with Crippen LogP contribution in [0.2, 0.25) is 0 Å². The fourth-order valence-corrected chi connectivity index (χ4v) is 2.37. The summed E-state index contributed by atoms with van der Waals surface area (Å²) in [5.41, 5.74) is 0. The quantitative estimate of drug-likeness (QED) is 0.656. The molecular formula is C9H15F2NO. The van der Waals surface area contributed by atoms with Gasteiger partial charge in [0.15, 0.2) is 0 Å². The summed E-state index contributed by atoms with van der Waals surface area (Å²) in [5, 5.41) is 0. The second-order valence-corrected chi connectivity index (χ2v) is 3.86.